The van der Waals surface area contributed by atoms with E-state index in [-0.39, 0.29) is 23.4 Å². The Morgan fingerprint density at radius 2 is 1.87 bits per heavy atom. The molecular formula is C29H34ClFN2O6. The number of anilines is 1. The lowest BCUT2D eigenvalue weighted by Gasteiger charge is -2.35. The summed E-state index contributed by atoms with van der Waals surface area (Å²) in [4.78, 5) is 27.5. The van der Waals surface area contributed by atoms with Gasteiger partial charge in [-0.2, -0.15) is 0 Å². The second kappa shape index (κ2) is 11.6. The van der Waals surface area contributed by atoms with Crippen molar-refractivity contribution < 1.29 is 28.9 Å². The Kier molecular flexibility index (Phi) is 8.66. The lowest BCUT2D eigenvalue weighted by atomic mass is 9.93. The summed E-state index contributed by atoms with van der Waals surface area (Å²) in [5, 5.41) is 20.3. The maximum atomic E-state index is 15.3. The van der Waals surface area contributed by atoms with E-state index < -0.39 is 34.4 Å². The molecule has 0 unspecified atom stereocenters. The quantitative estimate of drug-likeness (QED) is 0.399. The minimum Gasteiger partial charge on any atom is -0.477 e. The number of hydrogen-bond donors (Lipinski definition) is 2. The van der Waals surface area contributed by atoms with Gasteiger partial charge in [0, 0.05) is 43.9 Å². The van der Waals surface area contributed by atoms with Crippen LogP contribution in [0.1, 0.15) is 53.9 Å². The Morgan fingerprint density at radius 1 is 1.18 bits per heavy atom. The summed E-state index contributed by atoms with van der Waals surface area (Å²) in [7, 11) is 1.51. The highest BCUT2D eigenvalue weighted by molar-refractivity contribution is 6.31. The first kappa shape index (κ1) is 29.0. The number of halogens is 2. The zero-order valence-corrected chi connectivity index (χ0v) is 23.3. The molecule has 0 saturated carbocycles. The largest absolute Gasteiger partial charge is 0.477 e. The van der Waals surface area contributed by atoms with Crippen LogP contribution in [0.5, 0.6) is 0 Å². The minimum absolute atomic E-state index is 0.0101. The average Bonchev–Trinajstić information content (AvgIpc) is 2.92. The van der Waals surface area contributed by atoms with E-state index in [9.17, 15) is 19.8 Å². The normalized spacial score (nSPS) is 15.1. The zero-order valence-electron chi connectivity index (χ0n) is 22.6. The van der Waals surface area contributed by atoms with Crippen molar-refractivity contribution in [1.82, 2.24) is 4.57 Å². The van der Waals surface area contributed by atoms with Crippen LogP contribution in [-0.2, 0) is 22.3 Å². The Labute approximate surface area is 231 Å². The number of nitrogens with zero attached hydrogens (tertiary/aromatic N) is 2. The van der Waals surface area contributed by atoms with Crippen LogP contribution in [0.2, 0.25) is 5.02 Å². The molecule has 39 heavy (non-hydrogen) atoms. The molecule has 4 rings (SSSR count). The monoisotopic (exact) mass is 560 g/mol. The van der Waals surface area contributed by atoms with E-state index in [1.807, 2.05) is 13.0 Å². The molecular weight excluding hydrogens is 527 g/mol. The molecule has 0 amide bonds. The number of aliphatic hydroxyl groups excluding tert-OH is 1. The number of fused-ring (bicyclic) bond motifs is 1. The van der Waals surface area contributed by atoms with Crippen LogP contribution >= 0.6 is 11.6 Å². The second-order valence-electron chi connectivity index (χ2n) is 10.3. The van der Waals surface area contributed by atoms with Gasteiger partial charge in [-0.25, -0.2) is 9.18 Å². The number of aliphatic hydroxyl groups is 1. The SMILES string of the molecule is CCc1cc2c(cc1Cc1cc(N3CCOCC3)cc(Cl)c1F)c(=O)c(C(=O)O)cn2[C@H](CO)C(C)(C)OC. The lowest BCUT2D eigenvalue weighted by Crippen LogP contribution is -2.39. The zero-order chi connectivity index (χ0) is 28.5. The van der Waals surface area contributed by atoms with Gasteiger partial charge in [0.2, 0.25) is 5.43 Å². The summed E-state index contributed by atoms with van der Waals surface area (Å²) >= 11 is 6.29. The Hall–Kier alpha value is -2.98. The fraction of sp³-hybridized carbons (Fsp3) is 0.448. The van der Waals surface area contributed by atoms with E-state index in [0.29, 0.717) is 49.4 Å². The van der Waals surface area contributed by atoms with Crippen molar-refractivity contribution in [3.05, 3.63) is 73.8 Å². The van der Waals surface area contributed by atoms with E-state index in [1.165, 1.54) is 13.3 Å². The molecule has 1 aliphatic rings. The smallest absolute Gasteiger partial charge is 0.341 e. The molecule has 1 saturated heterocycles. The third-order valence-corrected chi connectivity index (χ3v) is 7.92. The molecule has 0 radical (unpaired) electrons. The summed E-state index contributed by atoms with van der Waals surface area (Å²) < 4.78 is 27.9. The summed E-state index contributed by atoms with van der Waals surface area (Å²) in [5.41, 5.74) is 1.24. The molecule has 1 fully saturated rings. The highest BCUT2D eigenvalue weighted by Crippen LogP contribution is 2.33. The van der Waals surface area contributed by atoms with Crippen molar-refractivity contribution >= 4 is 34.2 Å². The number of ether oxygens (including phenoxy) is 2. The predicted octanol–water partition coefficient (Wildman–Crippen LogP) is 4.44. The van der Waals surface area contributed by atoms with Crippen LogP contribution < -0.4 is 10.3 Å². The number of carboxylic acid groups (broad SMARTS) is 1. The van der Waals surface area contributed by atoms with E-state index in [2.05, 4.69) is 4.90 Å². The Bertz CT molecular complexity index is 1450. The number of carbonyl (C=O) groups is 1. The molecule has 1 aliphatic heterocycles. The number of rotatable bonds is 9. The highest BCUT2D eigenvalue weighted by Gasteiger charge is 2.32. The maximum absolute atomic E-state index is 15.3. The molecule has 210 valence electrons. The maximum Gasteiger partial charge on any atom is 0.341 e. The molecule has 2 aromatic carbocycles. The van der Waals surface area contributed by atoms with Crippen molar-refractivity contribution in [3.63, 3.8) is 0 Å². The molecule has 0 bridgehead atoms. The van der Waals surface area contributed by atoms with Crippen molar-refractivity contribution in [2.24, 2.45) is 0 Å². The van der Waals surface area contributed by atoms with E-state index in [0.717, 1.165) is 11.3 Å². The molecule has 8 nitrogen and oxygen atoms in total. The van der Waals surface area contributed by atoms with Crippen LogP contribution in [0.25, 0.3) is 10.9 Å². The van der Waals surface area contributed by atoms with E-state index >= 15 is 4.39 Å². The first-order valence-corrected chi connectivity index (χ1v) is 13.3. The summed E-state index contributed by atoms with van der Waals surface area (Å²) in [6, 6.07) is 6.16. The first-order chi connectivity index (χ1) is 18.5. The number of aromatic nitrogens is 1. The van der Waals surface area contributed by atoms with E-state index in [1.54, 1.807) is 36.6 Å². The first-order valence-electron chi connectivity index (χ1n) is 12.9. The Balaban J connectivity index is 1.91. The molecule has 2 heterocycles. The predicted molar refractivity (Wildman–Crippen MR) is 149 cm³/mol. The van der Waals surface area contributed by atoms with Gasteiger partial charge in [0.1, 0.15) is 11.4 Å². The van der Waals surface area contributed by atoms with Gasteiger partial charge >= 0.3 is 5.97 Å². The van der Waals surface area contributed by atoms with Gasteiger partial charge in [-0.15, -0.1) is 0 Å². The van der Waals surface area contributed by atoms with Crippen molar-refractivity contribution in [2.75, 3.05) is 44.9 Å². The number of aromatic carboxylic acids is 1. The summed E-state index contributed by atoms with van der Waals surface area (Å²) in [6.07, 6.45) is 2.00. The molecule has 0 aliphatic carbocycles. The highest BCUT2D eigenvalue weighted by atomic mass is 35.5. The van der Waals surface area contributed by atoms with Gasteiger partial charge in [0.25, 0.3) is 0 Å². The number of methoxy groups -OCH3 is 1. The van der Waals surface area contributed by atoms with E-state index in [4.69, 9.17) is 21.1 Å². The van der Waals surface area contributed by atoms with Crippen LogP contribution in [0.15, 0.2) is 35.3 Å². The molecule has 1 aromatic heterocycles. The van der Waals surface area contributed by atoms with Crippen LogP contribution in [0.3, 0.4) is 0 Å². The van der Waals surface area contributed by atoms with Crippen LogP contribution in [0.4, 0.5) is 10.1 Å². The molecule has 0 spiro atoms. The van der Waals surface area contributed by atoms with Gasteiger partial charge in [0.15, 0.2) is 0 Å². The van der Waals surface area contributed by atoms with Crippen molar-refractivity contribution in [1.29, 1.82) is 0 Å². The average molecular weight is 561 g/mol. The second-order valence-corrected chi connectivity index (χ2v) is 10.7. The number of morpholine rings is 1. The fourth-order valence-corrected chi connectivity index (χ4v) is 5.37. The van der Waals surface area contributed by atoms with Gasteiger partial charge in [0.05, 0.1) is 42.0 Å². The van der Waals surface area contributed by atoms with Gasteiger partial charge in [-0.3, -0.25) is 4.79 Å². The number of hydrogen-bond acceptors (Lipinski definition) is 6. The number of carboxylic acids is 1. The summed E-state index contributed by atoms with van der Waals surface area (Å²) in [5.74, 6) is -1.91. The topological polar surface area (TPSA) is 101 Å². The molecule has 10 heteroatoms. The van der Waals surface area contributed by atoms with Crippen LogP contribution in [0, 0.1) is 5.82 Å². The number of pyridine rings is 1. The van der Waals surface area contributed by atoms with Gasteiger partial charge in [-0.05, 0) is 61.2 Å². The third-order valence-electron chi connectivity index (χ3n) is 7.65. The van der Waals surface area contributed by atoms with Gasteiger partial charge < -0.3 is 29.2 Å². The van der Waals surface area contributed by atoms with Gasteiger partial charge in [-0.1, -0.05) is 18.5 Å². The van der Waals surface area contributed by atoms with Crippen molar-refractivity contribution in [2.45, 2.75) is 45.3 Å². The summed E-state index contributed by atoms with van der Waals surface area (Å²) in [6.45, 7) is 7.64. The lowest BCUT2D eigenvalue weighted by molar-refractivity contribution is -0.0383. The number of aryl methyl sites for hydroxylation is 1. The number of benzene rings is 2. The minimum atomic E-state index is -1.38. The standard InChI is InChI=1S/C29H34ClFN2O6/c1-5-17-13-24-21(27(35)22(28(36)37)15-33(24)25(16-34)29(2,3)38-4)12-18(17)10-19-11-20(14-23(30)26(19)31)32-6-8-39-9-7-32/h11-15,25,34H,5-10,16H2,1-4H3,(H,36,37)/t25-/m1/s1. The molecule has 1 atom stereocenters. The fourth-order valence-electron chi connectivity index (χ4n) is 5.13. The Morgan fingerprint density at radius 3 is 2.46 bits per heavy atom. The van der Waals surface area contributed by atoms with Crippen LogP contribution in [-0.4, -0.2) is 66.4 Å². The molecule has 3 aromatic rings. The third kappa shape index (κ3) is 5.68. The van der Waals surface area contributed by atoms with Crippen molar-refractivity contribution in [3.8, 4) is 0 Å². The molecule has 2 N–H and O–H groups in total.